The van der Waals surface area contributed by atoms with Crippen molar-refractivity contribution in [2.75, 3.05) is 0 Å². The van der Waals surface area contributed by atoms with Crippen LogP contribution in [0.2, 0.25) is 0 Å². The molecule has 0 aliphatic rings. The van der Waals surface area contributed by atoms with Crippen molar-refractivity contribution in [2.24, 2.45) is 5.73 Å². The molecule has 19 heavy (non-hydrogen) atoms. The molecule has 2 N–H and O–H groups in total. The fraction of sp³-hybridized carbons (Fsp3) is 0.294. The number of halogens is 1. The summed E-state index contributed by atoms with van der Waals surface area (Å²) in [5, 5.41) is 0. The van der Waals surface area contributed by atoms with E-state index in [9.17, 15) is 4.39 Å². The molecule has 1 unspecified atom stereocenters. The maximum atomic E-state index is 13.9. The molecule has 0 saturated heterocycles. The molecule has 0 amide bonds. The Morgan fingerprint density at radius 3 is 2.37 bits per heavy atom. The van der Waals surface area contributed by atoms with Gasteiger partial charge < -0.3 is 5.73 Å². The zero-order chi connectivity index (χ0) is 13.8. The van der Waals surface area contributed by atoms with Crippen LogP contribution in [0.3, 0.4) is 0 Å². The number of aryl methyl sites for hydroxylation is 2. The van der Waals surface area contributed by atoms with Crippen LogP contribution < -0.4 is 5.73 Å². The summed E-state index contributed by atoms with van der Waals surface area (Å²) in [5.41, 5.74) is 10.3. The summed E-state index contributed by atoms with van der Waals surface area (Å²) < 4.78 is 13.9. The predicted octanol–water partition coefficient (Wildman–Crippen LogP) is 4.00. The molecule has 0 heterocycles. The summed E-state index contributed by atoms with van der Waals surface area (Å²) in [6, 6.07) is 12.7. The van der Waals surface area contributed by atoms with Crippen molar-refractivity contribution in [3.63, 3.8) is 0 Å². The molecule has 0 aromatic heterocycles. The Balaban J connectivity index is 2.48. The van der Waals surface area contributed by atoms with Crippen molar-refractivity contribution in [1.29, 1.82) is 0 Å². The van der Waals surface area contributed by atoms with Crippen LogP contribution in [0.15, 0.2) is 42.5 Å². The topological polar surface area (TPSA) is 26.0 Å². The molecule has 2 heteroatoms. The normalized spacial score (nSPS) is 12.4. The molecule has 2 aromatic carbocycles. The van der Waals surface area contributed by atoms with Crippen molar-refractivity contribution in [3.05, 3.63) is 70.5 Å². The van der Waals surface area contributed by atoms with E-state index in [0.29, 0.717) is 5.56 Å². The summed E-state index contributed by atoms with van der Waals surface area (Å²) in [7, 11) is 0. The molecule has 0 aliphatic carbocycles. The molecule has 2 aromatic rings. The quantitative estimate of drug-likeness (QED) is 0.880. The molecule has 0 spiro atoms. The van der Waals surface area contributed by atoms with Gasteiger partial charge in [0.1, 0.15) is 5.82 Å². The minimum Gasteiger partial charge on any atom is -0.320 e. The van der Waals surface area contributed by atoms with Crippen molar-refractivity contribution in [2.45, 2.75) is 32.7 Å². The molecule has 0 fully saturated rings. The van der Waals surface area contributed by atoms with Crippen LogP contribution in [-0.2, 0) is 12.8 Å². The fourth-order valence-electron chi connectivity index (χ4n) is 2.37. The molecular weight excluding hydrogens is 237 g/mol. The molecule has 0 bridgehead atoms. The van der Waals surface area contributed by atoms with Crippen LogP contribution in [0, 0.1) is 5.82 Å². The lowest BCUT2D eigenvalue weighted by atomic mass is 9.91. The fourth-order valence-corrected chi connectivity index (χ4v) is 2.37. The third-order valence-electron chi connectivity index (χ3n) is 3.57. The lowest BCUT2D eigenvalue weighted by Gasteiger charge is -2.18. The predicted molar refractivity (Wildman–Crippen MR) is 77.6 cm³/mol. The third-order valence-corrected chi connectivity index (χ3v) is 3.57. The second kappa shape index (κ2) is 5.98. The zero-order valence-corrected chi connectivity index (χ0v) is 11.5. The smallest absolute Gasteiger partial charge is 0.128 e. The standard InChI is InChI=1S/C17H20FN/c1-3-12-9-10-13(4-2)15(11-12)17(19)14-7-5-6-8-16(14)18/h5-11,17H,3-4,19H2,1-2H3. The average Bonchev–Trinajstić information content (AvgIpc) is 2.46. The Bertz CT molecular complexity index is 563. The first-order valence-electron chi connectivity index (χ1n) is 6.79. The second-order valence-corrected chi connectivity index (χ2v) is 4.74. The van der Waals surface area contributed by atoms with Crippen LogP contribution in [0.1, 0.15) is 42.1 Å². The van der Waals surface area contributed by atoms with Crippen LogP contribution >= 0.6 is 0 Å². The lowest BCUT2D eigenvalue weighted by Crippen LogP contribution is -2.16. The lowest BCUT2D eigenvalue weighted by molar-refractivity contribution is 0.599. The van der Waals surface area contributed by atoms with Crippen molar-refractivity contribution in [3.8, 4) is 0 Å². The Hall–Kier alpha value is -1.67. The van der Waals surface area contributed by atoms with E-state index < -0.39 is 6.04 Å². The maximum absolute atomic E-state index is 13.9. The number of hydrogen-bond donors (Lipinski definition) is 1. The number of nitrogens with two attached hydrogens (primary N) is 1. The highest BCUT2D eigenvalue weighted by Crippen LogP contribution is 2.26. The van der Waals surface area contributed by atoms with Gasteiger partial charge in [-0.15, -0.1) is 0 Å². The van der Waals surface area contributed by atoms with Crippen LogP contribution in [0.25, 0.3) is 0 Å². The molecular formula is C17H20FN. The van der Waals surface area contributed by atoms with Crippen molar-refractivity contribution >= 4 is 0 Å². The van der Waals surface area contributed by atoms with Gasteiger partial charge >= 0.3 is 0 Å². The summed E-state index contributed by atoms with van der Waals surface area (Å²) in [6.45, 7) is 4.21. The Morgan fingerprint density at radius 1 is 1.00 bits per heavy atom. The highest BCUT2D eigenvalue weighted by Gasteiger charge is 2.16. The highest BCUT2D eigenvalue weighted by atomic mass is 19.1. The van der Waals surface area contributed by atoms with Crippen LogP contribution in [0.4, 0.5) is 4.39 Å². The Morgan fingerprint density at radius 2 is 1.74 bits per heavy atom. The monoisotopic (exact) mass is 257 g/mol. The second-order valence-electron chi connectivity index (χ2n) is 4.74. The largest absolute Gasteiger partial charge is 0.320 e. The van der Waals surface area contributed by atoms with E-state index in [1.807, 2.05) is 6.07 Å². The molecule has 1 nitrogen and oxygen atoms in total. The summed E-state index contributed by atoms with van der Waals surface area (Å²) >= 11 is 0. The van der Waals surface area contributed by atoms with E-state index in [-0.39, 0.29) is 5.82 Å². The Kier molecular flexibility index (Phi) is 4.33. The van der Waals surface area contributed by atoms with Gasteiger partial charge in [0.2, 0.25) is 0 Å². The van der Waals surface area contributed by atoms with E-state index in [0.717, 1.165) is 18.4 Å². The van der Waals surface area contributed by atoms with Gasteiger partial charge in [0.25, 0.3) is 0 Å². The Labute approximate surface area is 114 Å². The number of rotatable bonds is 4. The number of hydrogen-bond acceptors (Lipinski definition) is 1. The van der Waals surface area contributed by atoms with Gasteiger partial charge in [0, 0.05) is 5.56 Å². The molecule has 0 saturated carbocycles. The molecule has 100 valence electrons. The number of benzene rings is 2. The first-order valence-corrected chi connectivity index (χ1v) is 6.79. The summed E-state index contributed by atoms with van der Waals surface area (Å²) in [4.78, 5) is 0. The van der Waals surface area contributed by atoms with Gasteiger partial charge in [-0.05, 0) is 35.6 Å². The van der Waals surface area contributed by atoms with Crippen LogP contribution in [-0.4, -0.2) is 0 Å². The first kappa shape index (κ1) is 13.8. The van der Waals surface area contributed by atoms with E-state index in [1.54, 1.807) is 12.1 Å². The third kappa shape index (κ3) is 2.85. The average molecular weight is 257 g/mol. The SMILES string of the molecule is CCc1ccc(CC)c(C(N)c2ccccc2F)c1. The zero-order valence-electron chi connectivity index (χ0n) is 11.5. The van der Waals surface area contributed by atoms with Crippen LogP contribution in [0.5, 0.6) is 0 Å². The van der Waals surface area contributed by atoms with E-state index in [1.165, 1.54) is 17.2 Å². The van der Waals surface area contributed by atoms with Crippen molar-refractivity contribution < 1.29 is 4.39 Å². The van der Waals surface area contributed by atoms with Crippen molar-refractivity contribution in [1.82, 2.24) is 0 Å². The molecule has 2 rings (SSSR count). The summed E-state index contributed by atoms with van der Waals surface area (Å²) in [6.07, 6.45) is 1.86. The van der Waals surface area contributed by atoms with Gasteiger partial charge in [-0.2, -0.15) is 0 Å². The van der Waals surface area contributed by atoms with Gasteiger partial charge in [0.15, 0.2) is 0 Å². The van der Waals surface area contributed by atoms with E-state index >= 15 is 0 Å². The van der Waals surface area contributed by atoms with Gasteiger partial charge in [0.05, 0.1) is 6.04 Å². The van der Waals surface area contributed by atoms with E-state index in [2.05, 4.69) is 32.0 Å². The minimum absolute atomic E-state index is 0.237. The molecule has 1 atom stereocenters. The highest BCUT2D eigenvalue weighted by molar-refractivity contribution is 5.40. The van der Waals surface area contributed by atoms with Gasteiger partial charge in [-0.1, -0.05) is 50.2 Å². The molecule has 0 radical (unpaired) electrons. The van der Waals surface area contributed by atoms with E-state index in [4.69, 9.17) is 5.73 Å². The summed E-state index contributed by atoms with van der Waals surface area (Å²) in [5.74, 6) is -0.237. The van der Waals surface area contributed by atoms with Gasteiger partial charge in [-0.25, -0.2) is 4.39 Å². The molecule has 0 aliphatic heterocycles. The van der Waals surface area contributed by atoms with Gasteiger partial charge in [-0.3, -0.25) is 0 Å². The maximum Gasteiger partial charge on any atom is 0.128 e. The first-order chi connectivity index (χ1) is 9.17. The minimum atomic E-state index is -0.400.